The van der Waals surface area contributed by atoms with E-state index >= 15 is 0 Å². The molecule has 0 bridgehead atoms. The fourth-order valence-electron chi connectivity index (χ4n) is 3.72. The Labute approximate surface area is 147 Å². The number of sulfone groups is 1. The van der Waals surface area contributed by atoms with Crippen molar-refractivity contribution in [1.82, 2.24) is 9.88 Å². The van der Waals surface area contributed by atoms with Crippen LogP contribution in [0.5, 0.6) is 0 Å². The first-order valence-electron chi connectivity index (χ1n) is 8.45. The van der Waals surface area contributed by atoms with Crippen molar-refractivity contribution in [2.45, 2.75) is 33.2 Å². The number of hydrogen-bond donors (Lipinski definition) is 2. The molecule has 1 amide bonds. The lowest BCUT2D eigenvalue weighted by molar-refractivity contribution is 0.0649. The minimum Gasteiger partial charge on any atom is -0.395 e. The highest BCUT2D eigenvalue weighted by Gasteiger charge is 2.35. The van der Waals surface area contributed by atoms with E-state index in [1.807, 2.05) is 26.8 Å². The lowest BCUT2D eigenvalue weighted by atomic mass is 10.1. The van der Waals surface area contributed by atoms with Crippen LogP contribution >= 0.6 is 0 Å². The molecule has 7 heteroatoms. The van der Waals surface area contributed by atoms with Gasteiger partial charge in [0.05, 0.1) is 18.1 Å². The summed E-state index contributed by atoms with van der Waals surface area (Å²) >= 11 is 0. The number of benzene rings is 1. The second kappa shape index (κ2) is 6.46. The molecule has 1 saturated heterocycles. The van der Waals surface area contributed by atoms with Crippen molar-refractivity contribution in [2.75, 3.05) is 24.7 Å². The standard InChI is InChI=1S/C18H24N2O4S/c1-11-8-12(2)16-15(9-11)13(3)17(19-16)18(22)20(5-6-21)14-4-7-25(23,24)10-14/h8-9,14,19,21H,4-7,10H2,1-3H3/t14-/m1/s1. The van der Waals surface area contributed by atoms with Gasteiger partial charge in [-0.15, -0.1) is 0 Å². The molecule has 0 spiro atoms. The molecule has 1 aliphatic rings. The molecule has 136 valence electrons. The quantitative estimate of drug-likeness (QED) is 0.864. The zero-order valence-corrected chi connectivity index (χ0v) is 15.6. The third-order valence-electron chi connectivity index (χ3n) is 4.97. The van der Waals surface area contributed by atoms with Gasteiger partial charge in [-0.25, -0.2) is 8.42 Å². The maximum Gasteiger partial charge on any atom is 0.270 e. The summed E-state index contributed by atoms with van der Waals surface area (Å²) in [5.74, 6) is -0.186. The molecule has 25 heavy (non-hydrogen) atoms. The molecule has 1 aliphatic heterocycles. The fourth-order valence-corrected chi connectivity index (χ4v) is 5.45. The molecule has 3 rings (SSSR count). The zero-order chi connectivity index (χ0) is 18.4. The monoisotopic (exact) mass is 364 g/mol. The summed E-state index contributed by atoms with van der Waals surface area (Å²) in [6, 6.07) is 3.72. The summed E-state index contributed by atoms with van der Waals surface area (Å²) in [4.78, 5) is 17.8. The number of H-pyrrole nitrogens is 1. The number of nitrogens with zero attached hydrogens (tertiary/aromatic N) is 1. The Kier molecular flexibility index (Phi) is 4.64. The number of rotatable bonds is 4. The van der Waals surface area contributed by atoms with Crippen LogP contribution in [0.1, 0.15) is 33.6 Å². The van der Waals surface area contributed by atoms with Crippen molar-refractivity contribution in [2.24, 2.45) is 0 Å². The van der Waals surface area contributed by atoms with E-state index in [1.165, 1.54) is 4.90 Å². The topological polar surface area (TPSA) is 90.5 Å². The van der Waals surface area contributed by atoms with Gasteiger partial charge in [0.1, 0.15) is 5.69 Å². The first-order chi connectivity index (χ1) is 11.7. The molecule has 0 unspecified atom stereocenters. The third kappa shape index (κ3) is 3.30. The molecule has 0 aliphatic carbocycles. The normalized spacial score (nSPS) is 19.4. The van der Waals surface area contributed by atoms with Gasteiger partial charge >= 0.3 is 0 Å². The summed E-state index contributed by atoms with van der Waals surface area (Å²) in [6.45, 7) is 5.84. The summed E-state index contributed by atoms with van der Waals surface area (Å²) in [6.07, 6.45) is 0.422. The van der Waals surface area contributed by atoms with Crippen LogP contribution in [0.25, 0.3) is 10.9 Å². The van der Waals surface area contributed by atoms with Crippen LogP contribution in [-0.4, -0.2) is 60.0 Å². The smallest absolute Gasteiger partial charge is 0.270 e. The number of amides is 1. The van der Waals surface area contributed by atoms with Gasteiger partial charge in [-0.05, 0) is 44.4 Å². The SMILES string of the molecule is Cc1cc(C)c2[nH]c(C(=O)N(CCO)[C@@H]3CCS(=O)(=O)C3)c(C)c2c1. The van der Waals surface area contributed by atoms with Crippen LogP contribution in [0.4, 0.5) is 0 Å². The molecule has 2 aromatic rings. The number of aromatic amines is 1. The molecular formula is C18H24N2O4S. The van der Waals surface area contributed by atoms with Crippen molar-refractivity contribution in [3.05, 3.63) is 34.5 Å². The first-order valence-corrected chi connectivity index (χ1v) is 10.3. The van der Waals surface area contributed by atoms with Gasteiger partial charge < -0.3 is 15.0 Å². The summed E-state index contributed by atoms with van der Waals surface area (Å²) in [5, 5.41) is 10.4. The number of carbonyl (C=O) groups excluding carboxylic acids is 1. The van der Waals surface area contributed by atoms with E-state index in [9.17, 15) is 18.3 Å². The highest BCUT2D eigenvalue weighted by molar-refractivity contribution is 7.91. The number of aromatic nitrogens is 1. The van der Waals surface area contributed by atoms with Crippen molar-refractivity contribution in [1.29, 1.82) is 0 Å². The largest absolute Gasteiger partial charge is 0.395 e. The Morgan fingerprint density at radius 2 is 2.04 bits per heavy atom. The lowest BCUT2D eigenvalue weighted by Gasteiger charge is -2.27. The summed E-state index contributed by atoms with van der Waals surface area (Å²) in [7, 11) is -3.11. The molecule has 1 aromatic carbocycles. The fraction of sp³-hybridized carbons (Fsp3) is 0.500. The van der Waals surface area contributed by atoms with Gasteiger partial charge in [-0.3, -0.25) is 4.79 Å². The van der Waals surface area contributed by atoms with E-state index in [2.05, 4.69) is 11.1 Å². The number of fused-ring (bicyclic) bond motifs is 1. The Balaban J connectivity index is 2.02. The first kappa shape index (κ1) is 17.9. The minimum absolute atomic E-state index is 0.0316. The van der Waals surface area contributed by atoms with E-state index < -0.39 is 9.84 Å². The molecular weight excluding hydrogens is 340 g/mol. The van der Waals surface area contributed by atoms with Crippen LogP contribution in [-0.2, 0) is 9.84 Å². The maximum atomic E-state index is 13.1. The van der Waals surface area contributed by atoms with Gasteiger partial charge in [0.2, 0.25) is 0 Å². The van der Waals surface area contributed by atoms with Crippen LogP contribution in [0.15, 0.2) is 12.1 Å². The van der Waals surface area contributed by atoms with Crippen LogP contribution in [0.2, 0.25) is 0 Å². The Bertz CT molecular complexity index is 930. The summed E-state index contributed by atoms with van der Waals surface area (Å²) < 4.78 is 23.6. The van der Waals surface area contributed by atoms with Crippen molar-refractivity contribution >= 4 is 26.6 Å². The molecule has 2 heterocycles. The molecule has 1 fully saturated rings. The molecule has 1 aromatic heterocycles. The Hall–Kier alpha value is -1.86. The maximum absolute atomic E-state index is 13.1. The van der Waals surface area contributed by atoms with Gasteiger partial charge in [0, 0.05) is 23.5 Å². The van der Waals surface area contributed by atoms with Gasteiger partial charge in [0.25, 0.3) is 5.91 Å². The number of hydrogen-bond acceptors (Lipinski definition) is 4. The van der Waals surface area contributed by atoms with Crippen molar-refractivity contribution in [3.63, 3.8) is 0 Å². The van der Waals surface area contributed by atoms with Crippen LogP contribution < -0.4 is 0 Å². The third-order valence-corrected chi connectivity index (χ3v) is 6.72. The lowest BCUT2D eigenvalue weighted by Crippen LogP contribution is -2.43. The number of nitrogens with one attached hydrogen (secondary N) is 1. The van der Waals surface area contributed by atoms with E-state index in [4.69, 9.17) is 0 Å². The molecule has 0 radical (unpaired) electrons. The minimum atomic E-state index is -3.11. The number of carbonyl (C=O) groups is 1. The highest BCUT2D eigenvalue weighted by Crippen LogP contribution is 2.28. The van der Waals surface area contributed by atoms with E-state index in [-0.39, 0.29) is 36.6 Å². The van der Waals surface area contributed by atoms with Crippen molar-refractivity contribution in [3.8, 4) is 0 Å². The molecule has 0 saturated carbocycles. The second-order valence-corrected chi connectivity index (χ2v) is 9.14. The van der Waals surface area contributed by atoms with Crippen molar-refractivity contribution < 1.29 is 18.3 Å². The average Bonchev–Trinajstić information content (AvgIpc) is 3.05. The molecule has 6 nitrogen and oxygen atoms in total. The van der Waals surface area contributed by atoms with E-state index in [1.54, 1.807) is 0 Å². The average molecular weight is 364 g/mol. The van der Waals surface area contributed by atoms with E-state index in [0.29, 0.717) is 12.1 Å². The predicted molar refractivity (Wildman–Crippen MR) is 97.7 cm³/mol. The predicted octanol–water partition coefficient (Wildman–Crippen LogP) is 1.71. The molecule has 2 N–H and O–H groups in total. The van der Waals surface area contributed by atoms with Crippen LogP contribution in [0.3, 0.4) is 0 Å². The van der Waals surface area contributed by atoms with Gasteiger partial charge in [-0.1, -0.05) is 11.6 Å². The Morgan fingerprint density at radius 3 is 2.64 bits per heavy atom. The van der Waals surface area contributed by atoms with Gasteiger partial charge in [0.15, 0.2) is 9.84 Å². The summed E-state index contributed by atoms with van der Waals surface area (Å²) in [5.41, 5.74) is 4.45. The number of aryl methyl sites for hydroxylation is 3. The van der Waals surface area contributed by atoms with E-state index in [0.717, 1.165) is 27.6 Å². The van der Waals surface area contributed by atoms with Crippen LogP contribution in [0, 0.1) is 20.8 Å². The van der Waals surface area contributed by atoms with Gasteiger partial charge in [-0.2, -0.15) is 0 Å². The zero-order valence-electron chi connectivity index (χ0n) is 14.8. The Morgan fingerprint density at radius 1 is 1.32 bits per heavy atom. The number of aliphatic hydroxyl groups excluding tert-OH is 1. The second-order valence-electron chi connectivity index (χ2n) is 6.91. The molecule has 1 atom stereocenters. The number of aliphatic hydroxyl groups is 1. The highest BCUT2D eigenvalue weighted by atomic mass is 32.2.